The molecule has 0 bridgehead atoms. The van der Waals surface area contributed by atoms with Crippen molar-refractivity contribution in [1.29, 1.82) is 0 Å². The van der Waals surface area contributed by atoms with E-state index in [9.17, 15) is 9.59 Å². The minimum atomic E-state index is -0.538. The number of rotatable bonds is 1. The molecule has 1 aromatic rings. The number of carbonyl (C=O) groups excluding carboxylic acids is 2. The molecule has 1 aromatic carbocycles. The highest BCUT2D eigenvalue weighted by Gasteiger charge is 2.33. The number of likely N-dealkylation sites (tertiary alicyclic amines) is 1. The molecule has 0 radical (unpaired) electrons. The first kappa shape index (κ1) is 16.5. The maximum atomic E-state index is 12.5. The van der Waals surface area contributed by atoms with Crippen LogP contribution in [0.5, 0.6) is 0 Å². The quantitative estimate of drug-likeness (QED) is 0.796. The molecule has 1 fully saturated rings. The van der Waals surface area contributed by atoms with Crippen LogP contribution in [-0.4, -0.2) is 35.5 Å². The SMILES string of the molecule is Cc1cccc([C@@H]2CCN(C(=O)OC(C)(C)C)CC2=O)c1C. The predicted molar refractivity (Wildman–Crippen MR) is 86.1 cm³/mol. The first-order valence-corrected chi connectivity index (χ1v) is 7.76. The second-order valence-corrected chi connectivity index (χ2v) is 7.00. The summed E-state index contributed by atoms with van der Waals surface area (Å²) < 4.78 is 5.34. The van der Waals surface area contributed by atoms with E-state index in [1.165, 1.54) is 16.0 Å². The van der Waals surface area contributed by atoms with Gasteiger partial charge < -0.3 is 9.64 Å². The van der Waals surface area contributed by atoms with Crippen LogP contribution in [0.4, 0.5) is 4.79 Å². The topological polar surface area (TPSA) is 46.6 Å². The van der Waals surface area contributed by atoms with Crippen LogP contribution >= 0.6 is 0 Å². The Morgan fingerprint density at radius 2 is 1.95 bits per heavy atom. The molecule has 1 aliphatic heterocycles. The molecule has 2 rings (SSSR count). The van der Waals surface area contributed by atoms with Crippen molar-refractivity contribution in [3.05, 3.63) is 34.9 Å². The highest BCUT2D eigenvalue weighted by Crippen LogP contribution is 2.29. The number of piperidine rings is 1. The molecular weight excluding hydrogens is 278 g/mol. The summed E-state index contributed by atoms with van der Waals surface area (Å²) in [4.78, 5) is 26.1. The predicted octanol–water partition coefficient (Wildman–Crippen LogP) is 3.60. The van der Waals surface area contributed by atoms with Gasteiger partial charge in [0, 0.05) is 12.5 Å². The zero-order valence-corrected chi connectivity index (χ0v) is 14.1. The molecule has 0 N–H and O–H groups in total. The third kappa shape index (κ3) is 3.67. The fourth-order valence-electron chi connectivity index (χ4n) is 2.79. The van der Waals surface area contributed by atoms with E-state index in [0.29, 0.717) is 13.0 Å². The van der Waals surface area contributed by atoms with E-state index >= 15 is 0 Å². The third-order valence-electron chi connectivity index (χ3n) is 4.10. The van der Waals surface area contributed by atoms with Crippen molar-refractivity contribution in [1.82, 2.24) is 4.90 Å². The number of benzene rings is 1. The van der Waals surface area contributed by atoms with Gasteiger partial charge >= 0.3 is 6.09 Å². The van der Waals surface area contributed by atoms with Gasteiger partial charge in [-0.15, -0.1) is 0 Å². The summed E-state index contributed by atoms with van der Waals surface area (Å²) in [6.07, 6.45) is 0.253. The summed E-state index contributed by atoms with van der Waals surface area (Å²) in [6, 6.07) is 6.07. The van der Waals surface area contributed by atoms with Gasteiger partial charge in [0.1, 0.15) is 5.60 Å². The summed E-state index contributed by atoms with van der Waals surface area (Å²) in [7, 11) is 0. The molecule has 4 heteroatoms. The number of ketones is 1. The lowest BCUT2D eigenvalue weighted by atomic mass is 9.85. The first-order valence-electron chi connectivity index (χ1n) is 7.76. The summed E-state index contributed by atoms with van der Waals surface area (Å²) >= 11 is 0. The summed E-state index contributed by atoms with van der Waals surface area (Å²) in [5, 5.41) is 0. The van der Waals surface area contributed by atoms with Crippen molar-refractivity contribution < 1.29 is 14.3 Å². The minimum absolute atomic E-state index is 0.0887. The Hall–Kier alpha value is -1.84. The highest BCUT2D eigenvalue weighted by atomic mass is 16.6. The van der Waals surface area contributed by atoms with Gasteiger partial charge in [-0.05, 0) is 57.7 Å². The number of hydrogen-bond acceptors (Lipinski definition) is 3. The molecule has 1 aliphatic rings. The van der Waals surface area contributed by atoms with E-state index in [1.54, 1.807) is 0 Å². The number of aryl methyl sites for hydroxylation is 1. The summed E-state index contributed by atoms with van der Waals surface area (Å²) in [5.74, 6) is -0.0237. The van der Waals surface area contributed by atoms with Crippen LogP contribution in [-0.2, 0) is 9.53 Å². The standard InChI is InChI=1S/C18H25NO3/c1-12-7-6-8-14(13(12)2)15-9-10-19(11-16(15)20)17(21)22-18(3,4)5/h6-8,15H,9-11H2,1-5H3/t15-/m0/s1. The van der Waals surface area contributed by atoms with E-state index in [-0.39, 0.29) is 18.2 Å². The fourth-order valence-corrected chi connectivity index (χ4v) is 2.79. The smallest absolute Gasteiger partial charge is 0.410 e. The van der Waals surface area contributed by atoms with Crippen LogP contribution in [0.25, 0.3) is 0 Å². The Kier molecular flexibility index (Phi) is 4.59. The second-order valence-electron chi connectivity index (χ2n) is 7.00. The van der Waals surface area contributed by atoms with Crippen LogP contribution in [0.3, 0.4) is 0 Å². The average Bonchev–Trinajstić information content (AvgIpc) is 2.40. The van der Waals surface area contributed by atoms with Gasteiger partial charge in [0.2, 0.25) is 0 Å². The first-order chi connectivity index (χ1) is 10.2. The highest BCUT2D eigenvalue weighted by molar-refractivity contribution is 5.91. The molecule has 0 spiro atoms. The molecule has 0 aliphatic carbocycles. The van der Waals surface area contributed by atoms with Gasteiger partial charge in [0.15, 0.2) is 5.78 Å². The van der Waals surface area contributed by atoms with E-state index in [1.807, 2.05) is 32.9 Å². The molecule has 22 heavy (non-hydrogen) atoms. The van der Waals surface area contributed by atoms with E-state index in [4.69, 9.17) is 4.74 Å². The van der Waals surface area contributed by atoms with Crippen LogP contribution in [0.1, 0.15) is 49.8 Å². The van der Waals surface area contributed by atoms with Crippen molar-refractivity contribution in [2.24, 2.45) is 0 Å². The molecule has 1 heterocycles. The number of amides is 1. The Labute approximate surface area is 132 Å². The van der Waals surface area contributed by atoms with E-state index < -0.39 is 11.7 Å². The number of Topliss-reactive ketones (excluding diaryl/α,β-unsaturated/α-hetero) is 1. The Balaban J connectivity index is 2.09. The third-order valence-corrected chi connectivity index (χ3v) is 4.10. The molecular formula is C18H25NO3. The lowest BCUT2D eigenvalue weighted by molar-refractivity contribution is -0.123. The summed E-state index contributed by atoms with van der Waals surface area (Å²) in [5.41, 5.74) is 2.92. The van der Waals surface area contributed by atoms with Crippen LogP contribution in [0.15, 0.2) is 18.2 Å². The van der Waals surface area contributed by atoms with Crippen LogP contribution in [0, 0.1) is 13.8 Å². The second kappa shape index (κ2) is 6.11. The van der Waals surface area contributed by atoms with Crippen LogP contribution < -0.4 is 0 Å². The Bertz CT molecular complexity index is 586. The molecule has 1 amide bonds. The van der Waals surface area contributed by atoms with Crippen molar-refractivity contribution in [2.75, 3.05) is 13.1 Å². The zero-order chi connectivity index (χ0) is 16.5. The fraction of sp³-hybridized carbons (Fsp3) is 0.556. The van der Waals surface area contributed by atoms with Crippen molar-refractivity contribution in [3.63, 3.8) is 0 Å². The lowest BCUT2D eigenvalue weighted by Crippen LogP contribution is -2.45. The van der Waals surface area contributed by atoms with E-state index in [0.717, 1.165) is 5.56 Å². The number of hydrogen-bond donors (Lipinski definition) is 0. The molecule has 0 aromatic heterocycles. The van der Waals surface area contributed by atoms with Crippen molar-refractivity contribution >= 4 is 11.9 Å². The maximum absolute atomic E-state index is 12.5. The maximum Gasteiger partial charge on any atom is 0.410 e. The number of ether oxygens (including phenoxy) is 1. The number of carbonyl (C=O) groups is 2. The summed E-state index contributed by atoms with van der Waals surface area (Å²) in [6.45, 7) is 10.3. The average molecular weight is 303 g/mol. The van der Waals surface area contributed by atoms with Crippen molar-refractivity contribution in [3.8, 4) is 0 Å². The molecule has 1 saturated heterocycles. The lowest BCUT2D eigenvalue weighted by Gasteiger charge is -2.33. The molecule has 120 valence electrons. The van der Waals surface area contributed by atoms with Crippen molar-refractivity contribution in [2.45, 2.75) is 52.6 Å². The Morgan fingerprint density at radius 1 is 1.27 bits per heavy atom. The monoisotopic (exact) mass is 303 g/mol. The molecule has 0 saturated carbocycles. The minimum Gasteiger partial charge on any atom is -0.444 e. The van der Waals surface area contributed by atoms with Gasteiger partial charge in [0.25, 0.3) is 0 Å². The van der Waals surface area contributed by atoms with Gasteiger partial charge in [0.05, 0.1) is 6.54 Å². The molecule has 4 nitrogen and oxygen atoms in total. The number of nitrogens with zero attached hydrogens (tertiary/aromatic N) is 1. The Morgan fingerprint density at radius 3 is 2.55 bits per heavy atom. The van der Waals surface area contributed by atoms with Gasteiger partial charge in [-0.25, -0.2) is 4.79 Å². The van der Waals surface area contributed by atoms with E-state index in [2.05, 4.69) is 19.9 Å². The largest absolute Gasteiger partial charge is 0.444 e. The molecule has 1 atom stereocenters. The van der Waals surface area contributed by atoms with Crippen LogP contribution in [0.2, 0.25) is 0 Å². The molecule has 0 unspecified atom stereocenters. The van der Waals surface area contributed by atoms with Gasteiger partial charge in [-0.1, -0.05) is 18.2 Å². The van der Waals surface area contributed by atoms with Gasteiger partial charge in [-0.2, -0.15) is 0 Å². The normalized spacial score (nSPS) is 19.2. The van der Waals surface area contributed by atoms with Gasteiger partial charge in [-0.3, -0.25) is 4.79 Å². The zero-order valence-electron chi connectivity index (χ0n) is 14.1.